The number of nitrogens with zero attached hydrogens (tertiary/aromatic N) is 3. The van der Waals surface area contributed by atoms with E-state index in [-0.39, 0.29) is 17.7 Å². The molecule has 7 heteroatoms. The fourth-order valence-electron chi connectivity index (χ4n) is 3.19. The first kappa shape index (κ1) is 17.2. The lowest BCUT2D eigenvalue weighted by Gasteiger charge is -2.13. The number of halogens is 1. The molecule has 1 aliphatic rings. The van der Waals surface area contributed by atoms with Crippen molar-refractivity contribution in [3.05, 3.63) is 66.5 Å². The van der Waals surface area contributed by atoms with E-state index < -0.39 is 5.82 Å². The van der Waals surface area contributed by atoms with Gasteiger partial charge in [-0.25, -0.2) is 14.1 Å². The molecule has 0 bridgehead atoms. The average molecular weight is 366 g/mol. The van der Waals surface area contributed by atoms with Gasteiger partial charge in [-0.2, -0.15) is 5.10 Å². The summed E-state index contributed by atoms with van der Waals surface area (Å²) in [7, 11) is 0. The van der Waals surface area contributed by atoms with Crippen LogP contribution in [0.2, 0.25) is 0 Å². The molecule has 1 saturated carbocycles. The molecule has 0 atom stereocenters. The van der Waals surface area contributed by atoms with E-state index in [1.165, 1.54) is 42.3 Å². The Balaban J connectivity index is 1.42. The predicted octanol–water partition coefficient (Wildman–Crippen LogP) is 3.98. The Morgan fingerprint density at radius 3 is 2.59 bits per heavy atom. The number of aromatic nitrogens is 3. The van der Waals surface area contributed by atoms with Gasteiger partial charge >= 0.3 is 0 Å². The Kier molecular flexibility index (Phi) is 4.82. The highest BCUT2D eigenvalue weighted by atomic mass is 19.1. The number of anilines is 1. The molecule has 2 aromatic carbocycles. The van der Waals surface area contributed by atoms with Crippen molar-refractivity contribution in [2.45, 2.75) is 31.8 Å². The number of hydrogen-bond donors (Lipinski definition) is 1. The molecule has 1 amide bonds. The fraction of sp³-hybridized carbons (Fsp3) is 0.250. The van der Waals surface area contributed by atoms with E-state index in [9.17, 15) is 9.18 Å². The number of benzene rings is 2. The Morgan fingerprint density at radius 1 is 1.15 bits per heavy atom. The summed E-state index contributed by atoms with van der Waals surface area (Å²) >= 11 is 0. The highest BCUT2D eigenvalue weighted by Crippen LogP contribution is 2.24. The van der Waals surface area contributed by atoms with Crippen LogP contribution >= 0.6 is 0 Å². The van der Waals surface area contributed by atoms with Crippen molar-refractivity contribution in [2.75, 3.05) is 5.32 Å². The minimum Gasteiger partial charge on any atom is -0.490 e. The van der Waals surface area contributed by atoms with Crippen LogP contribution in [0.1, 0.15) is 36.0 Å². The molecule has 1 aromatic heterocycles. The molecule has 138 valence electrons. The van der Waals surface area contributed by atoms with Crippen LogP contribution in [0, 0.1) is 5.82 Å². The van der Waals surface area contributed by atoms with Gasteiger partial charge in [0.1, 0.15) is 24.1 Å². The summed E-state index contributed by atoms with van der Waals surface area (Å²) in [5.41, 5.74) is 1.11. The summed E-state index contributed by atoms with van der Waals surface area (Å²) in [4.78, 5) is 16.2. The highest BCUT2D eigenvalue weighted by molar-refractivity contribution is 6.04. The Bertz CT molecular complexity index is 920. The third-order valence-electron chi connectivity index (χ3n) is 4.59. The summed E-state index contributed by atoms with van der Waals surface area (Å²) in [6.07, 6.45) is 7.59. The number of amides is 1. The van der Waals surface area contributed by atoms with Crippen LogP contribution in [-0.4, -0.2) is 26.8 Å². The summed E-state index contributed by atoms with van der Waals surface area (Å²) in [5, 5.41) is 6.60. The van der Waals surface area contributed by atoms with Crippen molar-refractivity contribution in [2.24, 2.45) is 0 Å². The quantitative estimate of drug-likeness (QED) is 0.742. The Morgan fingerprint density at radius 2 is 1.93 bits per heavy atom. The molecule has 1 heterocycles. The number of carbonyl (C=O) groups excluding carboxylic acids is 1. The average Bonchev–Trinajstić information content (AvgIpc) is 3.36. The maximum absolute atomic E-state index is 14.3. The van der Waals surface area contributed by atoms with E-state index in [1.54, 1.807) is 30.3 Å². The highest BCUT2D eigenvalue weighted by Gasteiger charge is 2.16. The fourth-order valence-corrected chi connectivity index (χ4v) is 3.19. The summed E-state index contributed by atoms with van der Waals surface area (Å²) < 4.78 is 21.5. The van der Waals surface area contributed by atoms with E-state index in [0.29, 0.717) is 11.3 Å². The monoisotopic (exact) mass is 366 g/mol. The predicted molar refractivity (Wildman–Crippen MR) is 98.6 cm³/mol. The Hall–Kier alpha value is -3.22. The van der Waals surface area contributed by atoms with Gasteiger partial charge in [-0.05, 0) is 68.1 Å². The van der Waals surface area contributed by atoms with Crippen molar-refractivity contribution in [1.29, 1.82) is 0 Å². The van der Waals surface area contributed by atoms with Gasteiger partial charge in [0.2, 0.25) is 0 Å². The molecule has 3 aromatic rings. The molecule has 1 aliphatic carbocycles. The SMILES string of the molecule is O=C(Nc1ccc(-n2cncn2)c(F)c1)c1ccc(OC2CCCC2)cc1. The molecule has 0 aliphatic heterocycles. The maximum atomic E-state index is 14.3. The third-order valence-corrected chi connectivity index (χ3v) is 4.59. The maximum Gasteiger partial charge on any atom is 0.255 e. The Labute approximate surface area is 156 Å². The zero-order chi connectivity index (χ0) is 18.6. The van der Waals surface area contributed by atoms with Crippen LogP contribution in [0.25, 0.3) is 5.69 Å². The molecule has 0 unspecified atom stereocenters. The smallest absolute Gasteiger partial charge is 0.255 e. The zero-order valence-electron chi connectivity index (χ0n) is 14.6. The number of carbonyl (C=O) groups is 1. The summed E-state index contributed by atoms with van der Waals surface area (Å²) in [5.74, 6) is -0.0457. The van der Waals surface area contributed by atoms with Crippen LogP contribution in [-0.2, 0) is 0 Å². The van der Waals surface area contributed by atoms with E-state index >= 15 is 0 Å². The van der Waals surface area contributed by atoms with Gasteiger partial charge in [-0.1, -0.05) is 0 Å². The molecular weight excluding hydrogens is 347 g/mol. The van der Waals surface area contributed by atoms with Gasteiger partial charge in [0, 0.05) is 11.3 Å². The zero-order valence-corrected chi connectivity index (χ0v) is 14.6. The van der Waals surface area contributed by atoms with Crippen molar-refractivity contribution < 1.29 is 13.9 Å². The minimum atomic E-state index is -0.501. The van der Waals surface area contributed by atoms with Crippen LogP contribution in [0.15, 0.2) is 55.1 Å². The van der Waals surface area contributed by atoms with E-state index in [0.717, 1.165) is 18.6 Å². The minimum absolute atomic E-state index is 0.263. The molecule has 4 rings (SSSR count). The molecule has 0 spiro atoms. The first-order chi connectivity index (χ1) is 13.2. The van der Waals surface area contributed by atoms with Gasteiger partial charge in [0.15, 0.2) is 5.82 Å². The third kappa shape index (κ3) is 3.97. The largest absolute Gasteiger partial charge is 0.490 e. The lowest BCUT2D eigenvalue weighted by atomic mass is 10.2. The molecule has 0 radical (unpaired) electrons. The van der Waals surface area contributed by atoms with Gasteiger partial charge in [0.25, 0.3) is 5.91 Å². The first-order valence-electron chi connectivity index (χ1n) is 8.92. The number of hydrogen-bond acceptors (Lipinski definition) is 4. The van der Waals surface area contributed by atoms with Gasteiger partial charge < -0.3 is 10.1 Å². The van der Waals surface area contributed by atoms with Crippen LogP contribution in [0.3, 0.4) is 0 Å². The van der Waals surface area contributed by atoms with Crippen molar-refractivity contribution in [1.82, 2.24) is 14.8 Å². The standard InChI is InChI=1S/C20H19FN4O2/c21-18-11-15(7-10-19(18)25-13-22-12-23-25)24-20(26)14-5-8-17(9-6-14)27-16-3-1-2-4-16/h5-13,16H,1-4H2,(H,24,26). The molecule has 1 fully saturated rings. The number of nitrogens with one attached hydrogen (secondary N) is 1. The first-order valence-corrected chi connectivity index (χ1v) is 8.92. The number of ether oxygens (including phenoxy) is 1. The molecular formula is C20H19FN4O2. The van der Waals surface area contributed by atoms with Crippen LogP contribution in [0.4, 0.5) is 10.1 Å². The number of rotatable bonds is 5. The lowest BCUT2D eigenvalue weighted by Crippen LogP contribution is -2.13. The summed E-state index contributed by atoms with van der Waals surface area (Å²) in [6, 6.07) is 11.4. The molecule has 1 N–H and O–H groups in total. The van der Waals surface area contributed by atoms with E-state index in [4.69, 9.17) is 4.74 Å². The van der Waals surface area contributed by atoms with Crippen molar-refractivity contribution in [3.63, 3.8) is 0 Å². The summed E-state index contributed by atoms with van der Waals surface area (Å²) in [6.45, 7) is 0. The molecule has 27 heavy (non-hydrogen) atoms. The lowest BCUT2D eigenvalue weighted by molar-refractivity contribution is 0.102. The normalized spacial score (nSPS) is 14.3. The van der Waals surface area contributed by atoms with Gasteiger partial charge in [-0.15, -0.1) is 0 Å². The van der Waals surface area contributed by atoms with Gasteiger partial charge in [0.05, 0.1) is 6.10 Å². The second kappa shape index (κ2) is 7.57. The molecule has 6 nitrogen and oxygen atoms in total. The van der Waals surface area contributed by atoms with E-state index in [1.807, 2.05) is 0 Å². The second-order valence-corrected chi connectivity index (χ2v) is 6.51. The van der Waals surface area contributed by atoms with Gasteiger partial charge in [-0.3, -0.25) is 4.79 Å². The van der Waals surface area contributed by atoms with E-state index in [2.05, 4.69) is 15.4 Å². The van der Waals surface area contributed by atoms with Crippen LogP contribution < -0.4 is 10.1 Å². The van der Waals surface area contributed by atoms with Crippen LogP contribution in [0.5, 0.6) is 5.75 Å². The molecule has 0 saturated heterocycles. The van der Waals surface area contributed by atoms with Crippen molar-refractivity contribution >= 4 is 11.6 Å². The topological polar surface area (TPSA) is 69.0 Å². The second-order valence-electron chi connectivity index (χ2n) is 6.51. The van der Waals surface area contributed by atoms with Crippen molar-refractivity contribution in [3.8, 4) is 11.4 Å².